The van der Waals surface area contributed by atoms with Crippen LogP contribution in [0.4, 0.5) is 0 Å². The van der Waals surface area contributed by atoms with Gasteiger partial charge in [0.2, 0.25) is 0 Å². The van der Waals surface area contributed by atoms with Gasteiger partial charge in [0.25, 0.3) is 0 Å². The van der Waals surface area contributed by atoms with E-state index in [9.17, 15) is 0 Å². The quantitative estimate of drug-likeness (QED) is 0.188. The molecule has 260 valence electrons. The molecule has 0 aliphatic heterocycles. The summed E-state index contributed by atoms with van der Waals surface area (Å²) in [6.45, 7) is 40.3. The van der Waals surface area contributed by atoms with Gasteiger partial charge in [0, 0.05) is 0 Å². The van der Waals surface area contributed by atoms with Gasteiger partial charge >= 0.3 is 296 Å². The molecule has 0 aromatic heterocycles. The van der Waals surface area contributed by atoms with Crippen LogP contribution in [-0.2, 0) is 20.4 Å². The van der Waals surface area contributed by atoms with E-state index in [0.717, 1.165) is 0 Å². The van der Waals surface area contributed by atoms with Crippen LogP contribution in [0, 0.1) is 0 Å². The minimum Gasteiger partial charge on any atom is -1.00 e. The molecule has 3 aromatic carbocycles. The van der Waals surface area contributed by atoms with Crippen molar-refractivity contribution in [3.8, 4) is 0 Å². The van der Waals surface area contributed by atoms with Crippen molar-refractivity contribution in [1.82, 2.24) is 0 Å². The Labute approximate surface area is 330 Å². The molecular weight excluding hydrogens is 763 g/mol. The van der Waals surface area contributed by atoms with Crippen molar-refractivity contribution < 1.29 is 57.7 Å². The third-order valence-electron chi connectivity index (χ3n) is 10.8. The average Bonchev–Trinajstić information content (AvgIpc) is 3.07. The van der Waals surface area contributed by atoms with E-state index in [0.29, 0.717) is 0 Å². The molecule has 1 aliphatic rings. The molecule has 0 fully saturated rings. The standard InChI is InChI=1S/C39H59Si5.3ClH.Ti/c1-28-29(2)31(4)39(30(28)3)44(32-20-18-17-19-21-32,37-24-33(40(5,6)7)22-34(25-37)41(8,9)10)38-26-35(42(11,12)13)23-36(27-38)43(14,15)16;;;;/h17-27H,1-16H3;3*1H;/q;;;;+3/p-3. The summed E-state index contributed by atoms with van der Waals surface area (Å²) >= 11 is 2.65. The van der Waals surface area contributed by atoms with E-state index in [2.05, 4.69) is 193 Å². The largest absolute Gasteiger partial charge is 1.00 e. The van der Waals surface area contributed by atoms with E-state index in [1.165, 1.54) is 11.1 Å². The Balaban J connectivity index is 0.00000384. The van der Waals surface area contributed by atoms with Gasteiger partial charge in [-0.25, -0.2) is 0 Å². The van der Waals surface area contributed by atoms with Gasteiger partial charge in [-0.2, -0.15) is 0 Å². The van der Waals surface area contributed by atoms with E-state index in [4.69, 9.17) is 0 Å². The number of allylic oxidation sites excluding steroid dienone is 4. The van der Waals surface area contributed by atoms with Crippen LogP contribution >= 0.6 is 0 Å². The summed E-state index contributed by atoms with van der Waals surface area (Å²) in [5.74, 6) is 0. The summed E-state index contributed by atoms with van der Waals surface area (Å²) in [5.41, 5.74) is 6.16. The van der Waals surface area contributed by atoms with Crippen molar-refractivity contribution in [3.05, 3.63) is 89.0 Å². The Hall–Kier alpha value is -0.191. The third-order valence-corrected chi connectivity index (χ3v) is 27.2. The number of hydrogen-bond donors (Lipinski definition) is 0. The Kier molecular flexibility index (Phi) is 14.7. The first kappa shape index (κ1) is 45.8. The SMILES string of the molecule is CC1=C(C)[C]([Ti+3])([Si](c2ccccc2)(c2cc([Si](C)(C)C)cc([Si](C)(C)C)c2)c2cc([Si](C)(C)C)cc([Si](C)(C)C)c2)C(C)=C1C.[Cl-].[Cl-].[Cl-]. The van der Waals surface area contributed by atoms with Gasteiger partial charge in [-0.3, -0.25) is 0 Å². The summed E-state index contributed by atoms with van der Waals surface area (Å²) in [6, 6.07) is 28.1. The molecule has 9 heteroatoms. The molecule has 0 saturated heterocycles. The van der Waals surface area contributed by atoms with Crippen LogP contribution in [0.5, 0.6) is 0 Å². The van der Waals surface area contributed by atoms with Crippen LogP contribution in [-0.4, -0.2) is 40.4 Å². The summed E-state index contributed by atoms with van der Waals surface area (Å²) in [5, 5.41) is 11.3. The third kappa shape index (κ3) is 8.06. The fourth-order valence-electron chi connectivity index (χ4n) is 7.23. The monoisotopic (exact) mass is 820 g/mol. The molecule has 48 heavy (non-hydrogen) atoms. The molecule has 0 amide bonds. The summed E-state index contributed by atoms with van der Waals surface area (Å²) in [7, 11) is -9.30. The number of hydrogen-bond acceptors (Lipinski definition) is 0. The van der Waals surface area contributed by atoms with Crippen molar-refractivity contribution in [2.24, 2.45) is 0 Å². The van der Waals surface area contributed by atoms with E-state index < -0.39 is 40.4 Å². The Morgan fingerprint density at radius 1 is 0.396 bits per heavy atom. The van der Waals surface area contributed by atoms with Gasteiger partial charge in [-0.05, 0) is 0 Å². The molecule has 0 atom stereocenters. The Bertz CT molecular complexity index is 1520. The van der Waals surface area contributed by atoms with E-state index in [1.807, 2.05) is 0 Å². The van der Waals surface area contributed by atoms with E-state index in [-0.39, 0.29) is 40.6 Å². The number of benzene rings is 3. The minimum atomic E-state index is -2.79. The molecule has 0 radical (unpaired) electrons. The second-order valence-corrected chi connectivity index (χ2v) is 44.2. The zero-order valence-corrected chi connectivity index (χ0v) is 41.3. The van der Waals surface area contributed by atoms with Crippen LogP contribution in [0.3, 0.4) is 0 Å². The molecule has 0 saturated carbocycles. The summed E-state index contributed by atoms with van der Waals surface area (Å²) < 4.78 is -0.0912. The van der Waals surface area contributed by atoms with Crippen LogP contribution in [0.25, 0.3) is 0 Å². The fraction of sp³-hybridized carbons (Fsp3) is 0.436. The average molecular weight is 823 g/mol. The first-order valence-corrected chi connectivity index (χ1v) is 33.7. The topological polar surface area (TPSA) is 0 Å². The molecule has 0 spiro atoms. The molecular formula is C39H59Cl3Si5Ti. The molecule has 0 bridgehead atoms. The molecule has 3 aromatic rings. The summed E-state index contributed by atoms with van der Waals surface area (Å²) in [4.78, 5) is 0. The zero-order chi connectivity index (χ0) is 34.1. The van der Waals surface area contributed by atoms with Crippen LogP contribution < -0.4 is 73.5 Å². The van der Waals surface area contributed by atoms with Gasteiger partial charge in [-0.1, -0.05) is 0 Å². The predicted octanol–water partition coefficient (Wildman–Crippen LogP) is -1.72. The molecule has 0 unspecified atom stereocenters. The predicted molar refractivity (Wildman–Crippen MR) is 215 cm³/mol. The molecule has 0 heterocycles. The first-order chi connectivity index (χ1) is 20.4. The van der Waals surface area contributed by atoms with Crippen LogP contribution in [0.15, 0.2) is 89.0 Å². The second kappa shape index (κ2) is 15.4. The molecule has 1 aliphatic carbocycles. The minimum absolute atomic E-state index is 0. The smallest absolute Gasteiger partial charge is 1.00 e. The molecule has 0 nitrogen and oxygen atoms in total. The maximum Gasteiger partial charge on any atom is -1.00 e. The van der Waals surface area contributed by atoms with Crippen molar-refractivity contribution in [2.75, 3.05) is 0 Å². The first-order valence-electron chi connectivity index (χ1n) is 16.9. The Morgan fingerprint density at radius 3 is 0.896 bits per heavy atom. The van der Waals surface area contributed by atoms with E-state index >= 15 is 0 Å². The Morgan fingerprint density at radius 2 is 0.646 bits per heavy atom. The van der Waals surface area contributed by atoms with Crippen molar-refractivity contribution in [2.45, 2.75) is 110 Å². The van der Waals surface area contributed by atoms with E-state index in [1.54, 1.807) is 47.5 Å². The van der Waals surface area contributed by atoms with Crippen molar-refractivity contribution in [3.63, 3.8) is 0 Å². The van der Waals surface area contributed by atoms with Gasteiger partial charge in [0.15, 0.2) is 0 Å². The van der Waals surface area contributed by atoms with Gasteiger partial charge in [-0.15, -0.1) is 0 Å². The van der Waals surface area contributed by atoms with Crippen molar-refractivity contribution >= 4 is 76.7 Å². The fourth-order valence-corrected chi connectivity index (χ4v) is 21.4. The van der Waals surface area contributed by atoms with Crippen LogP contribution in [0.1, 0.15) is 27.7 Å². The summed E-state index contributed by atoms with van der Waals surface area (Å²) in [6.07, 6.45) is 0. The maximum atomic E-state index is 2.74. The second-order valence-electron chi connectivity index (χ2n) is 18.0. The number of rotatable bonds is 8. The maximum absolute atomic E-state index is 2.79. The molecule has 0 N–H and O–H groups in total. The zero-order valence-electron chi connectivity index (χ0n) is 32.5. The number of halogens is 3. The molecule has 4 rings (SSSR count). The van der Waals surface area contributed by atoms with Crippen LogP contribution in [0.2, 0.25) is 81.9 Å². The van der Waals surface area contributed by atoms with Gasteiger partial charge in [0.05, 0.1) is 0 Å². The van der Waals surface area contributed by atoms with Gasteiger partial charge < -0.3 is 37.2 Å². The normalized spacial score (nSPS) is 15.5. The van der Waals surface area contributed by atoms with Crippen molar-refractivity contribution in [1.29, 1.82) is 0 Å². The van der Waals surface area contributed by atoms with Gasteiger partial charge in [0.1, 0.15) is 0 Å².